The average Bonchev–Trinajstić information content (AvgIpc) is 2.76. The molecule has 1 aromatic heterocycles. The minimum absolute atomic E-state index is 0.299. The van der Waals surface area contributed by atoms with Gasteiger partial charge in [-0.2, -0.15) is 13.2 Å². The molecule has 1 aromatic rings. The third kappa shape index (κ3) is 4.08. The van der Waals surface area contributed by atoms with E-state index in [0.29, 0.717) is 28.2 Å². The molecule has 1 aliphatic rings. The maximum Gasteiger partial charge on any atom is 0.416 e. The lowest BCUT2D eigenvalue weighted by molar-refractivity contribution is -0.136. The van der Waals surface area contributed by atoms with Gasteiger partial charge >= 0.3 is 12.1 Å². The lowest BCUT2D eigenvalue weighted by atomic mass is 10.0. The van der Waals surface area contributed by atoms with E-state index in [0.717, 1.165) is 22.8 Å². The van der Waals surface area contributed by atoms with E-state index >= 15 is 0 Å². The van der Waals surface area contributed by atoms with E-state index in [-0.39, 0.29) is 6.42 Å². The molecule has 7 heteroatoms. The van der Waals surface area contributed by atoms with Crippen LogP contribution in [0.5, 0.6) is 0 Å². The van der Waals surface area contributed by atoms with E-state index in [4.69, 9.17) is 0 Å². The lowest BCUT2D eigenvalue weighted by Gasteiger charge is -2.16. The van der Waals surface area contributed by atoms with Gasteiger partial charge in [0.1, 0.15) is 0 Å². The van der Waals surface area contributed by atoms with Crippen molar-refractivity contribution in [3.05, 3.63) is 69.9 Å². The molecule has 0 saturated heterocycles. The Morgan fingerprint density at radius 2 is 2.04 bits per heavy atom. The summed E-state index contributed by atoms with van der Waals surface area (Å²) in [5.41, 5.74) is -0.933. The third-order valence-electron chi connectivity index (χ3n) is 4.39. The van der Waals surface area contributed by atoms with E-state index in [9.17, 15) is 27.9 Å². The molecule has 0 aliphatic heterocycles. The molecule has 0 radical (unpaired) electrons. The molecule has 148 valence electrons. The van der Waals surface area contributed by atoms with Gasteiger partial charge in [-0.3, -0.25) is 14.2 Å². The molecule has 0 unspecified atom stereocenters. The topological polar surface area (TPSA) is 59.3 Å². The van der Waals surface area contributed by atoms with E-state index in [1.165, 1.54) is 13.8 Å². The molecule has 0 aromatic carbocycles. The maximum absolute atomic E-state index is 13.4. The molecule has 0 saturated carbocycles. The molecule has 0 spiro atoms. The SMILES string of the molecule is C=C/C=C(C(=O)n1c(C)c(CC(=O)O)c2c1=CC=CCC=2)\C(=C/C)C(F)(F)F. The number of allylic oxidation sites excluding steroid dienone is 7. The second kappa shape index (κ2) is 8.29. The van der Waals surface area contributed by atoms with Crippen LogP contribution in [0.1, 0.15) is 29.4 Å². The Hall–Kier alpha value is -3.09. The summed E-state index contributed by atoms with van der Waals surface area (Å²) in [4.78, 5) is 24.5. The molecule has 28 heavy (non-hydrogen) atoms. The second-order valence-corrected chi connectivity index (χ2v) is 6.12. The van der Waals surface area contributed by atoms with E-state index in [2.05, 4.69) is 6.58 Å². The van der Waals surface area contributed by atoms with E-state index in [1.807, 2.05) is 6.08 Å². The number of carboxylic acids is 1. The molecule has 1 N–H and O–H groups in total. The highest BCUT2D eigenvalue weighted by molar-refractivity contribution is 6.01. The number of hydrogen-bond acceptors (Lipinski definition) is 2. The van der Waals surface area contributed by atoms with Crippen LogP contribution in [0.2, 0.25) is 0 Å². The van der Waals surface area contributed by atoms with Gasteiger partial charge in [0.15, 0.2) is 0 Å². The van der Waals surface area contributed by atoms with Crippen molar-refractivity contribution >= 4 is 24.0 Å². The predicted octanol–water partition coefficient (Wildman–Crippen LogP) is 3.21. The number of aromatic nitrogens is 1. The van der Waals surface area contributed by atoms with Crippen molar-refractivity contribution in [3.8, 4) is 0 Å². The molecule has 2 rings (SSSR count). The Kier molecular flexibility index (Phi) is 6.28. The molecule has 0 fully saturated rings. The molecular weight excluding hydrogens is 371 g/mol. The first-order valence-electron chi connectivity index (χ1n) is 8.53. The van der Waals surface area contributed by atoms with Crippen molar-refractivity contribution in [1.82, 2.24) is 4.57 Å². The number of halogens is 3. The number of hydrogen-bond donors (Lipinski definition) is 1. The lowest BCUT2D eigenvalue weighted by Crippen LogP contribution is -2.35. The number of carboxylic acid groups (broad SMARTS) is 1. The van der Waals surface area contributed by atoms with Crippen LogP contribution in [-0.4, -0.2) is 27.7 Å². The van der Waals surface area contributed by atoms with Crippen LogP contribution in [0.4, 0.5) is 13.2 Å². The van der Waals surface area contributed by atoms with Gasteiger partial charge in [0.05, 0.1) is 22.9 Å². The van der Waals surface area contributed by atoms with Gasteiger partial charge in [0, 0.05) is 10.9 Å². The van der Waals surface area contributed by atoms with Gasteiger partial charge in [0.2, 0.25) is 0 Å². The summed E-state index contributed by atoms with van der Waals surface area (Å²) >= 11 is 0. The van der Waals surface area contributed by atoms with E-state index in [1.54, 1.807) is 18.2 Å². The zero-order chi connectivity index (χ0) is 21.1. The number of fused-ring (bicyclic) bond motifs is 1. The van der Waals surface area contributed by atoms with Gasteiger partial charge in [-0.1, -0.05) is 37.0 Å². The first-order valence-corrected chi connectivity index (χ1v) is 8.53. The quantitative estimate of drug-likeness (QED) is 0.620. The van der Waals surface area contributed by atoms with Crippen LogP contribution in [0.15, 0.2) is 48.1 Å². The monoisotopic (exact) mass is 391 g/mol. The van der Waals surface area contributed by atoms with Gasteiger partial charge in [-0.05, 0) is 38.0 Å². The summed E-state index contributed by atoms with van der Waals surface area (Å²) in [6.07, 6.45) is 5.29. The zero-order valence-corrected chi connectivity index (χ0v) is 15.5. The number of aliphatic carboxylic acids is 1. The largest absolute Gasteiger partial charge is 0.481 e. The minimum atomic E-state index is -4.73. The Labute approximate surface area is 160 Å². The first-order chi connectivity index (χ1) is 13.1. The van der Waals surface area contributed by atoms with Crippen LogP contribution in [-0.2, 0) is 11.2 Å². The zero-order valence-electron chi connectivity index (χ0n) is 15.5. The summed E-state index contributed by atoms with van der Waals surface area (Å²) in [5, 5.41) is 10.1. The van der Waals surface area contributed by atoms with Crippen LogP contribution >= 0.6 is 0 Å². The Balaban J connectivity index is 2.82. The number of rotatable bonds is 5. The smallest absolute Gasteiger partial charge is 0.416 e. The summed E-state index contributed by atoms with van der Waals surface area (Å²) < 4.78 is 41.5. The minimum Gasteiger partial charge on any atom is -0.481 e. The summed E-state index contributed by atoms with van der Waals surface area (Å²) in [5.74, 6) is -1.98. The van der Waals surface area contributed by atoms with Crippen molar-refractivity contribution in [3.63, 3.8) is 0 Å². The predicted molar refractivity (Wildman–Crippen MR) is 101 cm³/mol. The van der Waals surface area contributed by atoms with Gasteiger partial charge in [-0.15, -0.1) is 0 Å². The highest BCUT2D eigenvalue weighted by Crippen LogP contribution is 2.32. The van der Waals surface area contributed by atoms with Crippen LogP contribution in [0.25, 0.3) is 12.2 Å². The number of carbonyl (C=O) groups excluding carboxylic acids is 1. The molecule has 1 heterocycles. The van der Waals surface area contributed by atoms with Crippen molar-refractivity contribution in [2.75, 3.05) is 0 Å². The standard InChI is InChI=1S/C21H20F3NO3/c1-4-9-15(17(5-2)21(22,23)24)20(28)25-13(3)16(12-19(26)27)14-10-7-6-8-11-18(14)25/h4-6,8-11H,1,7,12H2,2-3H3,(H,26,27)/b15-9+,17-5+. The average molecular weight is 391 g/mol. The maximum atomic E-state index is 13.4. The van der Waals surface area contributed by atoms with Crippen molar-refractivity contribution < 1.29 is 27.9 Å². The van der Waals surface area contributed by atoms with Crippen LogP contribution in [0, 0.1) is 6.92 Å². The Bertz CT molecular complexity index is 1030. The molecule has 4 nitrogen and oxygen atoms in total. The second-order valence-electron chi connectivity index (χ2n) is 6.12. The fourth-order valence-corrected chi connectivity index (χ4v) is 3.22. The van der Waals surface area contributed by atoms with Crippen LogP contribution in [0.3, 0.4) is 0 Å². The number of nitrogens with zero attached hydrogens (tertiary/aromatic N) is 1. The fourth-order valence-electron chi connectivity index (χ4n) is 3.22. The highest BCUT2D eigenvalue weighted by Gasteiger charge is 2.38. The number of alkyl halides is 3. The van der Waals surface area contributed by atoms with Crippen LogP contribution < -0.4 is 10.6 Å². The molecule has 0 bridgehead atoms. The van der Waals surface area contributed by atoms with E-state index < -0.39 is 29.2 Å². The van der Waals surface area contributed by atoms with Gasteiger partial charge in [0.25, 0.3) is 5.91 Å². The first kappa shape index (κ1) is 21.2. The van der Waals surface area contributed by atoms with Gasteiger partial charge < -0.3 is 5.11 Å². The molecule has 0 amide bonds. The Morgan fingerprint density at radius 3 is 2.57 bits per heavy atom. The Morgan fingerprint density at radius 1 is 1.36 bits per heavy atom. The highest BCUT2D eigenvalue weighted by atomic mass is 19.4. The summed E-state index contributed by atoms with van der Waals surface area (Å²) in [7, 11) is 0. The summed E-state index contributed by atoms with van der Waals surface area (Å²) in [6.45, 7) is 6.14. The number of carbonyl (C=O) groups is 2. The fraction of sp³-hybridized carbons (Fsp3) is 0.238. The normalized spacial score (nSPS) is 14.6. The van der Waals surface area contributed by atoms with Crippen molar-refractivity contribution in [2.24, 2.45) is 0 Å². The molecule has 1 aliphatic carbocycles. The van der Waals surface area contributed by atoms with Crippen molar-refractivity contribution in [1.29, 1.82) is 0 Å². The third-order valence-corrected chi connectivity index (χ3v) is 4.39. The van der Waals surface area contributed by atoms with Gasteiger partial charge in [-0.25, -0.2) is 0 Å². The van der Waals surface area contributed by atoms with Crippen molar-refractivity contribution in [2.45, 2.75) is 32.9 Å². The molecular formula is C21H20F3NO3. The molecule has 0 atom stereocenters. The summed E-state index contributed by atoms with van der Waals surface area (Å²) in [6, 6.07) is 0.